The third kappa shape index (κ3) is 5.64. The van der Waals surface area contributed by atoms with Crippen LogP contribution in [0.25, 0.3) is 0 Å². The van der Waals surface area contributed by atoms with Crippen LogP contribution in [-0.4, -0.2) is 37.6 Å². The normalized spacial score (nSPS) is 11.1. The van der Waals surface area contributed by atoms with Crippen molar-refractivity contribution in [3.8, 4) is 0 Å². The molecule has 2 aromatic carbocycles. The summed E-state index contributed by atoms with van der Waals surface area (Å²) >= 11 is 12.8. The zero-order chi connectivity index (χ0) is 18.2. The zero-order valence-electron chi connectivity index (χ0n) is 15.4. The van der Waals surface area contributed by atoms with Crippen molar-refractivity contribution in [3.63, 3.8) is 0 Å². The number of rotatable bonds is 9. The predicted octanol–water partition coefficient (Wildman–Crippen LogP) is 5.75. The van der Waals surface area contributed by atoms with Gasteiger partial charge in [-0.05, 0) is 49.3 Å². The van der Waals surface area contributed by atoms with Crippen molar-refractivity contribution in [2.45, 2.75) is 27.2 Å². The molecule has 0 saturated carbocycles. The van der Waals surface area contributed by atoms with E-state index in [1.165, 1.54) is 5.69 Å². The maximum atomic E-state index is 6.57. The third-order valence-electron chi connectivity index (χ3n) is 4.70. The molecule has 0 heterocycles. The number of halogens is 2. The number of hydrogen-bond donors (Lipinski definition) is 0. The number of anilines is 1. The molecule has 0 radical (unpaired) electrons. The smallest absolute Gasteiger partial charge is 0.0461 e. The molecule has 0 atom stereocenters. The second kappa shape index (κ2) is 10.1. The number of benzene rings is 2. The van der Waals surface area contributed by atoms with E-state index in [1.54, 1.807) is 0 Å². The molecule has 2 aromatic rings. The molecule has 0 aromatic heterocycles. The first-order valence-corrected chi connectivity index (χ1v) is 9.83. The van der Waals surface area contributed by atoms with E-state index >= 15 is 0 Å². The van der Waals surface area contributed by atoms with Crippen molar-refractivity contribution in [2.24, 2.45) is 0 Å². The molecular weight excluding hydrogens is 351 g/mol. The van der Waals surface area contributed by atoms with E-state index in [1.807, 2.05) is 18.2 Å². The lowest BCUT2D eigenvalue weighted by atomic mass is 10.0. The standard InChI is InChI=1S/C21H28Cl2N2/c1-4-24(5-2)13-14-25(6-3)19-12-11-18(21(23)16-19)15-17-9-7-8-10-20(17)22/h7-12,16H,4-6,13-15H2,1-3H3. The van der Waals surface area contributed by atoms with Crippen LogP contribution in [0.3, 0.4) is 0 Å². The van der Waals surface area contributed by atoms with Crippen LogP contribution in [0.5, 0.6) is 0 Å². The number of nitrogens with zero attached hydrogens (tertiary/aromatic N) is 2. The predicted molar refractivity (Wildman–Crippen MR) is 111 cm³/mol. The van der Waals surface area contributed by atoms with Crippen molar-refractivity contribution in [2.75, 3.05) is 37.6 Å². The fourth-order valence-electron chi connectivity index (χ4n) is 2.99. The maximum Gasteiger partial charge on any atom is 0.0461 e. The summed E-state index contributed by atoms with van der Waals surface area (Å²) in [5, 5.41) is 1.59. The van der Waals surface area contributed by atoms with E-state index in [0.29, 0.717) is 0 Å². The highest BCUT2D eigenvalue weighted by atomic mass is 35.5. The molecule has 0 saturated heterocycles. The molecule has 2 nitrogen and oxygen atoms in total. The minimum absolute atomic E-state index is 0.754. The first-order chi connectivity index (χ1) is 12.1. The van der Waals surface area contributed by atoms with E-state index in [-0.39, 0.29) is 0 Å². The summed E-state index contributed by atoms with van der Waals surface area (Å²) in [5.41, 5.74) is 3.40. The maximum absolute atomic E-state index is 6.57. The van der Waals surface area contributed by atoms with E-state index in [2.05, 4.69) is 54.8 Å². The van der Waals surface area contributed by atoms with Crippen LogP contribution in [0.4, 0.5) is 5.69 Å². The quantitative estimate of drug-likeness (QED) is 0.547. The van der Waals surface area contributed by atoms with Crippen LogP contribution in [0.15, 0.2) is 42.5 Å². The molecule has 0 unspecified atom stereocenters. The highest BCUT2D eigenvalue weighted by Crippen LogP contribution is 2.27. The Morgan fingerprint density at radius 3 is 2.04 bits per heavy atom. The van der Waals surface area contributed by atoms with Crippen molar-refractivity contribution in [3.05, 3.63) is 63.6 Å². The second-order valence-electron chi connectivity index (χ2n) is 6.15. The molecule has 136 valence electrons. The molecule has 0 bridgehead atoms. The molecular formula is C21H28Cl2N2. The summed E-state index contributed by atoms with van der Waals surface area (Å²) in [6, 6.07) is 14.3. The molecule has 0 aliphatic heterocycles. The summed E-state index contributed by atoms with van der Waals surface area (Å²) < 4.78 is 0. The first kappa shape index (κ1) is 20.1. The largest absolute Gasteiger partial charge is 0.370 e. The van der Waals surface area contributed by atoms with Gasteiger partial charge in [-0.2, -0.15) is 0 Å². The van der Waals surface area contributed by atoms with Crippen molar-refractivity contribution in [1.29, 1.82) is 0 Å². The van der Waals surface area contributed by atoms with Crippen molar-refractivity contribution in [1.82, 2.24) is 4.90 Å². The second-order valence-corrected chi connectivity index (χ2v) is 6.96. The van der Waals surface area contributed by atoms with Gasteiger partial charge in [0.2, 0.25) is 0 Å². The van der Waals surface area contributed by atoms with Crippen LogP contribution in [0.2, 0.25) is 10.0 Å². The Bertz CT molecular complexity index is 669. The molecule has 0 N–H and O–H groups in total. The van der Waals surface area contributed by atoms with Crippen molar-refractivity contribution >= 4 is 28.9 Å². The van der Waals surface area contributed by atoms with E-state index in [4.69, 9.17) is 23.2 Å². The minimum Gasteiger partial charge on any atom is -0.370 e. The lowest BCUT2D eigenvalue weighted by Gasteiger charge is -2.27. The van der Waals surface area contributed by atoms with E-state index in [0.717, 1.165) is 60.3 Å². The van der Waals surface area contributed by atoms with Gasteiger partial charge in [-0.25, -0.2) is 0 Å². The van der Waals surface area contributed by atoms with Crippen molar-refractivity contribution < 1.29 is 0 Å². The highest BCUT2D eigenvalue weighted by Gasteiger charge is 2.10. The molecule has 2 rings (SSSR count). The van der Waals surface area contributed by atoms with Gasteiger partial charge in [0.05, 0.1) is 0 Å². The molecule has 0 fully saturated rings. The Hall–Kier alpha value is -1.22. The summed E-state index contributed by atoms with van der Waals surface area (Å²) in [6.45, 7) is 11.8. The Balaban J connectivity index is 2.10. The molecule has 0 aliphatic rings. The van der Waals surface area contributed by atoms with Gasteiger partial charge < -0.3 is 9.80 Å². The lowest BCUT2D eigenvalue weighted by Crippen LogP contribution is -2.35. The van der Waals surface area contributed by atoms with Gasteiger partial charge in [0, 0.05) is 41.8 Å². The molecule has 25 heavy (non-hydrogen) atoms. The summed E-state index contributed by atoms with van der Waals surface area (Å²) in [7, 11) is 0. The average molecular weight is 379 g/mol. The molecule has 0 spiro atoms. The van der Waals surface area contributed by atoms with Gasteiger partial charge in [0.15, 0.2) is 0 Å². The summed E-state index contributed by atoms with van der Waals surface area (Å²) in [6.07, 6.45) is 0.754. The average Bonchev–Trinajstić information content (AvgIpc) is 2.62. The number of likely N-dealkylation sites (N-methyl/N-ethyl adjacent to an activating group) is 2. The van der Waals surface area contributed by atoms with E-state index < -0.39 is 0 Å². The SMILES string of the molecule is CCN(CC)CCN(CC)c1ccc(Cc2ccccc2Cl)c(Cl)c1. The van der Waals surface area contributed by atoms with Crippen LogP contribution in [-0.2, 0) is 6.42 Å². The van der Waals surface area contributed by atoms with Crippen LogP contribution in [0, 0.1) is 0 Å². The lowest BCUT2D eigenvalue weighted by molar-refractivity contribution is 0.310. The highest BCUT2D eigenvalue weighted by molar-refractivity contribution is 6.32. The zero-order valence-corrected chi connectivity index (χ0v) is 16.9. The molecule has 4 heteroatoms. The van der Waals surface area contributed by atoms with Gasteiger partial charge in [0.25, 0.3) is 0 Å². The van der Waals surface area contributed by atoms with E-state index in [9.17, 15) is 0 Å². The Labute approximate surface area is 162 Å². The molecule has 0 amide bonds. The summed E-state index contributed by atoms with van der Waals surface area (Å²) in [4.78, 5) is 4.82. The van der Waals surface area contributed by atoms with Crippen LogP contribution < -0.4 is 4.90 Å². The van der Waals surface area contributed by atoms with Gasteiger partial charge >= 0.3 is 0 Å². The number of hydrogen-bond acceptors (Lipinski definition) is 2. The summed E-state index contributed by atoms with van der Waals surface area (Å²) in [5.74, 6) is 0. The third-order valence-corrected chi connectivity index (χ3v) is 5.42. The monoisotopic (exact) mass is 378 g/mol. The fourth-order valence-corrected chi connectivity index (χ4v) is 3.44. The van der Waals surface area contributed by atoms with Gasteiger partial charge in [-0.1, -0.05) is 61.3 Å². The van der Waals surface area contributed by atoms with Crippen LogP contribution in [0.1, 0.15) is 31.9 Å². The van der Waals surface area contributed by atoms with Gasteiger partial charge in [-0.15, -0.1) is 0 Å². The Morgan fingerprint density at radius 1 is 0.760 bits per heavy atom. The van der Waals surface area contributed by atoms with Gasteiger partial charge in [-0.3, -0.25) is 0 Å². The molecule has 0 aliphatic carbocycles. The minimum atomic E-state index is 0.754. The Morgan fingerprint density at radius 2 is 1.44 bits per heavy atom. The topological polar surface area (TPSA) is 6.48 Å². The first-order valence-electron chi connectivity index (χ1n) is 9.08. The Kier molecular flexibility index (Phi) is 8.08. The van der Waals surface area contributed by atoms with Gasteiger partial charge in [0.1, 0.15) is 0 Å². The van der Waals surface area contributed by atoms with Crippen LogP contribution >= 0.6 is 23.2 Å². The fraction of sp³-hybridized carbons (Fsp3) is 0.429.